The van der Waals surface area contributed by atoms with E-state index in [9.17, 15) is 4.39 Å². The van der Waals surface area contributed by atoms with Crippen LogP contribution in [0, 0.1) is 5.82 Å². The lowest BCUT2D eigenvalue weighted by Gasteiger charge is -2.20. The Labute approximate surface area is 110 Å². The van der Waals surface area contributed by atoms with E-state index >= 15 is 0 Å². The van der Waals surface area contributed by atoms with Crippen LogP contribution in [0.15, 0.2) is 41.8 Å². The average molecular weight is 265 g/mol. The summed E-state index contributed by atoms with van der Waals surface area (Å²) in [5, 5.41) is 0.864. The van der Waals surface area contributed by atoms with Gasteiger partial charge in [0.15, 0.2) is 5.16 Å². The van der Waals surface area contributed by atoms with Crippen molar-refractivity contribution in [3.8, 4) is 0 Å². The molecule has 0 radical (unpaired) electrons. The molecule has 0 bridgehead atoms. The topological polar surface area (TPSA) is 43.8 Å². The van der Waals surface area contributed by atoms with Crippen LogP contribution < -0.4 is 5.73 Å². The number of thioether (sulfide) groups is 1. The van der Waals surface area contributed by atoms with Gasteiger partial charge in [0.05, 0.1) is 5.25 Å². The molecule has 1 heterocycles. The van der Waals surface area contributed by atoms with Gasteiger partial charge in [-0.2, -0.15) is 0 Å². The van der Waals surface area contributed by atoms with E-state index in [4.69, 9.17) is 5.73 Å². The summed E-state index contributed by atoms with van der Waals surface area (Å²) in [5.74, 6) is -0.237. The van der Waals surface area contributed by atoms with Gasteiger partial charge in [0.1, 0.15) is 5.82 Å². The highest BCUT2D eigenvalue weighted by Crippen LogP contribution is 2.36. The van der Waals surface area contributed by atoms with Crippen LogP contribution >= 0.6 is 11.8 Å². The molecule has 0 fully saturated rings. The van der Waals surface area contributed by atoms with Gasteiger partial charge in [0.25, 0.3) is 0 Å². The summed E-state index contributed by atoms with van der Waals surface area (Å²) in [6, 6.07) is 6.48. The molecule has 2 N–H and O–H groups in total. The van der Waals surface area contributed by atoms with E-state index in [1.54, 1.807) is 24.0 Å². The van der Waals surface area contributed by atoms with Crippen LogP contribution in [0.2, 0.25) is 0 Å². The van der Waals surface area contributed by atoms with E-state index in [1.165, 1.54) is 12.1 Å². The standard InChI is InChI=1S/C13H16FN3S/c1-9(15)12(10-4-3-5-11(14)8-10)18-13-16-6-7-17(13)2/h3-9,12H,15H2,1-2H3. The Morgan fingerprint density at radius 2 is 2.22 bits per heavy atom. The molecule has 0 saturated carbocycles. The number of imidazole rings is 1. The van der Waals surface area contributed by atoms with Crippen molar-refractivity contribution in [3.63, 3.8) is 0 Å². The van der Waals surface area contributed by atoms with Crippen molar-refractivity contribution < 1.29 is 4.39 Å². The Hall–Kier alpha value is -1.33. The molecule has 0 aliphatic carbocycles. The fourth-order valence-electron chi connectivity index (χ4n) is 1.74. The van der Waals surface area contributed by atoms with Crippen molar-refractivity contribution in [2.45, 2.75) is 23.4 Å². The number of aromatic nitrogens is 2. The molecule has 0 amide bonds. The lowest BCUT2D eigenvalue weighted by molar-refractivity contribution is 0.621. The quantitative estimate of drug-likeness (QED) is 0.864. The van der Waals surface area contributed by atoms with Crippen molar-refractivity contribution in [2.75, 3.05) is 0 Å². The van der Waals surface area contributed by atoms with Crippen LogP contribution in [0.5, 0.6) is 0 Å². The third kappa shape index (κ3) is 2.91. The predicted molar refractivity (Wildman–Crippen MR) is 71.9 cm³/mol. The maximum atomic E-state index is 13.3. The van der Waals surface area contributed by atoms with Crippen LogP contribution in [-0.4, -0.2) is 15.6 Å². The second kappa shape index (κ2) is 5.54. The predicted octanol–water partition coefficient (Wildman–Crippen LogP) is 2.74. The molecule has 2 rings (SSSR count). The van der Waals surface area contributed by atoms with Crippen molar-refractivity contribution >= 4 is 11.8 Å². The first-order chi connectivity index (χ1) is 8.58. The minimum atomic E-state index is -0.237. The Bertz CT molecular complexity index is 524. The average Bonchev–Trinajstić information content (AvgIpc) is 2.71. The first-order valence-electron chi connectivity index (χ1n) is 5.73. The van der Waals surface area contributed by atoms with Gasteiger partial charge < -0.3 is 10.3 Å². The Morgan fingerprint density at radius 1 is 1.44 bits per heavy atom. The third-order valence-corrected chi connectivity index (χ3v) is 4.22. The molecule has 0 spiro atoms. The molecule has 2 unspecified atom stereocenters. The molecule has 0 saturated heterocycles. The first kappa shape index (κ1) is 13.1. The summed E-state index contributed by atoms with van der Waals surface area (Å²) in [6.45, 7) is 1.92. The third-order valence-electron chi connectivity index (χ3n) is 2.66. The normalized spacial score (nSPS) is 14.4. The minimum absolute atomic E-state index is 0.0122. The molecule has 0 aliphatic rings. The molecule has 18 heavy (non-hydrogen) atoms. The highest BCUT2D eigenvalue weighted by Gasteiger charge is 2.20. The molecular weight excluding hydrogens is 249 g/mol. The molecule has 5 heteroatoms. The fourth-order valence-corrected chi connectivity index (χ4v) is 2.81. The molecule has 3 nitrogen and oxygen atoms in total. The highest BCUT2D eigenvalue weighted by atomic mass is 32.2. The Morgan fingerprint density at radius 3 is 2.78 bits per heavy atom. The minimum Gasteiger partial charge on any atom is -0.329 e. The highest BCUT2D eigenvalue weighted by molar-refractivity contribution is 7.99. The number of hydrogen-bond acceptors (Lipinski definition) is 3. The number of aryl methyl sites for hydroxylation is 1. The SMILES string of the molecule is CC(N)C(Sc1nccn1C)c1cccc(F)c1. The Kier molecular flexibility index (Phi) is 4.04. The zero-order chi connectivity index (χ0) is 13.1. The van der Waals surface area contributed by atoms with Gasteiger partial charge in [0, 0.05) is 25.5 Å². The van der Waals surface area contributed by atoms with Gasteiger partial charge in [-0.3, -0.25) is 0 Å². The second-order valence-electron chi connectivity index (χ2n) is 4.27. The number of benzene rings is 1. The van der Waals surface area contributed by atoms with Crippen LogP contribution in [0.4, 0.5) is 4.39 Å². The summed E-state index contributed by atoms with van der Waals surface area (Å²) in [6.07, 6.45) is 3.62. The zero-order valence-electron chi connectivity index (χ0n) is 10.4. The van der Waals surface area contributed by atoms with Gasteiger partial charge in [-0.1, -0.05) is 23.9 Å². The Balaban J connectivity index is 2.27. The summed E-state index contributed by atoms with van der Waals surface area (Å²) in [5.41, 5.74) is 6.89. The van der Waals surface area contributed by atoms with E-state index < -0.39 is 0 Å². The van der Waals surface area contributed by atoms with Crippen molar-refractivity contribution in [3.05, 3.63) is 48.0 Å². The van der Waals surface area contributed by atoms with Gasteiger partial charge in [0.2, 0.25) is 0 Å². The molecule has 2 atom stereocenters. The van der Waals surface area contributed by atoms with Crippen LogP contribution in [0.1, 0.15) is 17.7 Å². The van der Waals surface area contributed by atoms with Crippen molar-refractivity contribution in [1.82, 2.24) is 9.55 Å². The number of halogens is 1. The largest absolute Gasteiger partial charge is 0.329 e. The van der Waals surface area contributed by atoms with E-state index in [2.05, 4.69) is 4.98 Å². The molecular formula is C13H16FN3S. The van der Waals surface area contributed by atoms with Crippen LogP contribution in [-0.2, 0) is 7.05 Å². The zero-order valence-corrected chi connectivity index (χ0v) is 11.2. The van der Waals surface area contributed by atoms with Crippen molar-refractivity contribution in [2.24, 2.45) is 12.8 Å². The van der Waals surface area contributed by atoms with E-state index in [0.29, 0.717) is 0 Å². The van der Waals surface area contributed by atoms with Gasteiger partial charge in [-0.15, -0.1) is 0 Å². The maximum absolute atomic E-state index is 13.3. The smallest absolute Gasteiger partial charge is 0.168 e. The maximum Gasteiger partial charge on any atom is 0.168 e. The van der Waals surface area contributed by atoms with Crippen LogP contribution in [0.25, 0.3) is 0 Å². The van der Waals surface area contributed by atoms with E-state index in [-0.39, 0.29) is 17.1 Å². The molecule has 1 aromatic carbocycles. The van der Waals surface area contributed by atoms with Crippen LogP contribution in [0.3, 0.4) is 0 Å². The lowest BCUT2D eigenvalue weighted by Crippen LogP contribution is -2.23. The first-order valence-corrected chi connectivity index (χ1v) is 6.61. The van der Waals surface area contributed by atoms with E-state index in [1.807, 2.05) is 30.8 Å². The van der Waals surface area contributed by atoms with Gasteiger partial charge in [-0.25, -0.2) is 9.37 Å². The summed E-state index contributed by atoms with van der Waals surface area (Å²) in [4.78, 5) is 4.26. The number of hydrogen-bond donors (Lipinski definition) is 1. The molecule has 1 aromatic heterocycles. The number of nitrogens with two attached hydrogens (primary N) is 1. The fraction of sp³-hybridized carbons (Fsp3) is 0.308. The summed E-state index contributed by atoms with van der Waals surface area (Å²) < 4.78 is 15.2. The van der Waals surface area contributed by atoms with Crippen molar-refractivity contribution in [1.29, 1.82) is 0 Å². The van der Waals surface area contributed by atoms with Gasteiger partial charge >= 0.3 is 0 Å². The number of nitrogens with zero attached hydrogens (tertiary/aromatic N) is 2. The lowest BCUT2D eigenvalue weighted by atomic mass is 10.1. The molecule has 96 valence electrons. The van der Waals surface area contributed by atoms with Gasteiger partial charge in [-0.05, 0) is 24.6 Å². The monoisotopic (exact) mass is 265 g/mol. The molecule has 2 aromatic rings. The number of rotatable bonds is 4. The molecule has 0 aliphatic heterocycles. The van der Waals surface area contributed by atoms with E-state index in [0.717, 1.165) is 10.7 Å². The summed E-state index contributed by atoms with van der Waals surface area (Å²) >= 11 is 1.55. The second-order valence-corrected chi connectivity index (χ2v) is 5.38. The summed E-state index contributed by atoms with van der Waals surface area (Å²) in [7, 11) is 1.93.